The second-order valence-electron chi connectivity index (χ2n) is 7.38. The molecule has 1 aliphatic heterocycles. The molecule has 0 unspecified atom stereocenters. The SMILES string of the molecule is Cc1cccc(OCCNC(=O)c2ccccc2NS(=O)(=O)c2ccc3c(c2)OCCO3)c1. The minimum absolute atomic E-state index is 0.00788. The zero-order valence-corrected chi connectivity index (χ0v) is 18.9. The van der Waals surface area contributed by atoms with Crippen molar-refractivity contribution in [2.24, 2.45) is 0 Å². The number of hydrogen-bond acceptors (Lipinski definition) is 6. The summed E-state index contributed by atoms with van der Waals surface area (Å²) in [5.41, 5.74) is 1.45. The summed E-state index contributed by atoms with van der Waals surface area (Å²) in [6.45, 7) is 3.27. The lowest BCUT2D eigenvalue weighted by Crippen LogP contribution is -2.29. The molecule has 0 spiro atoms. The first-order valence-electron chi connectivity index (χ1n) is 10.4. The number of amides is 1. The lowest BCUT2D eigenvalue weighted by Gasteiger charge is -2.19. The van der Waals surface area contributed by atoms with Crippen LogP contribution in [0.25, 0.3) is 0 Å². The summed E-state index contributed by atoms with van der Waals surface area (Å²) in [6, 6.07) is 18.4. The maximum absolute atomic E-state index is 12.9. The van der Waals surface area contributed by atoms with E-state index in [2.05, 4.69) is 10.0 Å². The summed E-state index contributed by atoms with van der Waals surface area (Å²) in [7, 11) is -3.96. The summed E-state index contributed by atoms with van der Waals surface area (Å²) < 4.78 is 44.9. The number of hydrogen-bond donors (Lipinski definition) is 2. The summed E-state index contributed by atoms with van der Waals surface area (Å²) in [5, 5.41) is 2.76. The predicted octanol–water partition coefficient (Wildman–Crippen LogP) is 3.38. The molecule has 0 radical (unpaired) electrons. The molecule has 0 atom stereocenters. The molecule has 1 amide bonds. The van der Waals surface area contributed by atoms with Crippen molar-refractivity contribution in [2.45, 2.75) is 11.8 Å². The highest BCUT2D eigenvalue weighted by molar-refractivity contribution is 7.92. The number of aryl methyl sites for hydroxylation is 1. The third kappa shape index (κ3) is 5.56. The molecule has 1 aliphatic rings. The molecule has 0 saturated heterocycles. The van der Waals surface area contributed by atoms with Gasteiger partial charge in [-0.1, -0.05) is 24.3 Å². The third-order valence-electron chi connectivity index (χ3n) is 4.89. The van der Waals surface area contributed by atoms with Crippen LogP contribution in [0.1, 0.15) is 15.9 Å². The number of anilines is 1. The zero-order valence-electron chi connectivity index (χ0n) is 18.0. The van der Waals surface area contributed by atoms with Crippen LogP contribution in [0, 0.1) is 6.92 Å². The van der Waals surface area contributed by atoms with Crippen LogP contribution in [0.15, 0.2) is 71.6 Å². The van der Waals surface area contributed by atoms with Crippen LogP contribution in [0.4, 0.5) is 5.69 Å². The number of carbonyl (C=O) groups is 1. The van der Waals surface area contributed by atoms with Gasteiger partial charge in [-0.25, -0.2) is 8.42 Å². The molecule has 0 aromatic heterocycles. The fourth-order valence-electron chi connectivity index (χ4n) is 3.30. The molecule has 2 N–H and O–H groups in total. The Hall–Kier alpha value is -3.72. The van der Waals surface area contributed by atoms with E-state index in [-0.39, 0.29) is 29.3 Å². The van der Waals surface area contributed by atoms with Crippen molar-refractivity contribution in [1.82, 2.24) is 5.32 Å². The number of sulfonamides is 1. The van der Waals surface area contributed by atoms with Crippen LogP contribution in [-0.4, -0.2) is 40.7 Å². The quantitative estimate of drug-likeness (QED) is 0.492. The second-order valence-corrected chi connectivity index (χ2v) is 9.06. The van der Waals surface area contributed by atoms with E-state index < -0.39 is 15.9 Å². The molecule has 3 aromatic carbocycles. The maximum atomic E-state index is 12.9. The van der Waals surface area contributed by atoms with E-state index in [9.17, 15) is 13.2 Å². The van der Waals surface area contributed by atoms with Gasteiger partial charge in [-0.05, 0) is 48.9 Å². The van der Waals surface area contributed by atoms with Gasteiger partial charge >= 0.3 is 0 Å². The van der Waals surface area contributed by atoms with Gasteiger partial charge in [-0.2, -0.15) is 0 Å². The van der Waals surface area contributed by atoms with Crippen LogP contribution in [0.5, 0.6) is 17.2 Å². The molecule has 3 aromatic rings. The highest BCUT2D eigenvalue weighted by Crippen LogP contribution is 2.33. The van der Waals surface area contributed by atoms with Crippen molar-refractivity contribution in [3.05, 3.63) is 77.9 Å². The number of nitrogens with one attached hydrogen (secondary N) is 2. The summed E-state index contributed by atoms with van der Waals surface area (Å²) in [5.74, 6) is 1.16. The highest BCUT2D eigenvalue weighted by Gasteiger charge is 2.21. The average Bonchev–Trinajstić information content (AvgIpc) is 2.81. The Bertz CT molecular complexity index is 1260. The van der Waals surface area contributed by atoms with Crippen molar-refractivity contribution in [3.8, 4) is 17.2 Å². The largest absolute Gasteiger partial charge is 0.492 e. The van der Waals surface area contributed by atoms with Gasteiger partial charge in [0, 0.05) is 6.07 Å². The predicted molar refractivity (Wildman–Crippen MR) is 124 cm³/mol. The fourth-order valence-corrected chi connectivity index (χ4v) is 4.39. The number of rotatable bonds is 8. The Morgan fingerprint density at radius 3 is 2.58 bits per heavy atom. The van der Waals surface area contributed by atoms with E-state index in [0.29, 0.717) is 24.7 Å². The molecule has 0 bridgehead atoms. The topological polar surface area (TPSA) is 103 Å². The van der Waals surface area contributed by atoms with Gasteiger partial charge in [0.05, 0.1) is 22.7 Å². The van der Waals surface area contributed by atoms with Gasteiger partial charge in [0.15, 0.2) is 11.5 Å². The molecule has 0 fully saturated rings. The van der Waals surface area contributed by atoms with Crippen molar-refractivity contribution in [2.75, 3.05) is 31.1 Å². The standard InChI is InChI=1S/C24H24N2O6S/c1-17-5-4-6-18(15-17)30-12-11-25-24(27)20-7-2-3-8-21(20)26-33(28,29)19-9-10-22-23(16-19)32-14-13-31-22/h2-10,15-16,26H,11-14H2,1H3,(H,25,27). The molecule has 0 saturated carbocycles. The monoisotopic (exact) mass is 468 g/mol. The van der Waals surface area contributed by atoms with E-state index in [1.165, 1.54) is 18.2 Å². The van der Waals surface area contributed by atoms with E-state index in [0.717, 1.165) is 11.3 Å². The normalized spacial score (nSPS) is 12.6. The lowest BCUT2D eigenvalue weighted by molar-refractivity contribution is 0.0948. The lowest BCUT2D eigenvalue weighted by atomic mass is 10.1. The average molecular weight is 469 g/mol. The summed E-state index contributed by atoms with van der Waals surface area (Å²) in [6.07, 6.45) is 0. The van der Waals surface area contributed by atoms with Gasteiger partial charge in [-0.15, -0.1) is 0 Å². The first-order valence-corrected chi connectivity index (χ1v) is 11.9. The molecule has 8 nitrogen and oxygen atoms in total. The molecule has 0 aliphatic carbocycles. The molecular weight excluding hydrogens is 444 g/mol. The number of fused-ring (bicyclic) bond motifs is 1. The Labute approximate surface area is 192 Å². The van der Waals surface area contributed by atoms with Crippen LogP contribution in [-0.2, 0) is 10.0 Å². The van der Waals surface area contributed by atoms with Crippen LogP contribution < -0.4 is 24.2 Å². The Balaban J connectivity index is 1.41. The van der Waals surface area contributed by atoms with Gasteiger partial charge in [-0.3, -0.25) is 9.52 Å². The Morgan fingerprint density at radius 2 is 1.76 bits per heavy atom. The highest BCUT2D eigenvalue weighted by atomic mass is 32.2. The maximum Gasteiger partial charge on any atom is 0.262 e. The van der Waals surface area contributed by atoms with Crippen LogP contribution in [0.2, 0.25) is 0 Å². The third-order valence-corrected chi connectivity index (χ3v) is 6.25. The zero-order chi connectivity index (χ0) is 23.3. The van der Waals surface area contributed by atoms with Gasteiger partial charge < -0.3 is 19.5 Å². The smallest absolute Gasteiger partial charge is 0.262 e. The van der Waals surface area contributed by atoms with Crippen molar-refractivity contribution >= 4 is 21.6 Å². The minimum atomic E-state index is -3.96. The number of ether oxygens (including phenoxy) is 3. The van der Waals surface area contributed by atoms with E-state index in [4.69, 9.17) is 14.2 Å². The first kappa shape index (κ1) is 22.5. The Morgan fingerprint density at radius 1 is 0.970 bits per heavy atom. The molecule has 1 heterocycles. The summed E-state index contributed by atoms with van der Waals surface area (Å²) in [4.78, 5) is 12.7. The second kappa shape index (κ2) is 9.83. The van der Waals surface area contributed by atoms with Crippen molar-refractivity contribution in [1.29, 1.82) is 0 Å². The van der Waals surface area contributed by atoms with Gasteiger partial charge in [0.1, 0.15) is 25.6 Å². The van der Waals surface area contributed by atoms with E-state index in [1.54, 1.807) is 24.3 Å². The molecule has 33 heavy (non-hydrogen) atoms. The fraction of sp³-hybridized carbons (Fsp3) is 0.208. The van der Waals surface area contributed by atoms with E-state index in [1.807, 2.05) is 31.2 Å². The number of carbonyl (C=O) groups excluding carboxylic acids is 1. The molecule has 172 valence electrons. The molecule has 4 rings (SSSR count). The van der Waals surface area contributed by atoms with Crippen LogP contribution in [0.3, 0.4) is 0 Å². The number of para-hydroxylation sites is 1. The molecular formula is C24H24N2O6S. The summed E-state index contributed by atoms with van der Waals surface area (Å²) >= 11 is 0. The van der Waals surface area contributed by atoms with Crippen LogP contribution >= 0.6 is 0 Å². The van der Waals surface area contributed by atoms with Gasteiger partial charge in [0.25, 0.3) is 15.9 Å². The first-order chi connectivity index (χ1) is 15.9. The van der Waals surface area contributed by atoms with E-state index >= 15 is 0 Å². The minimum Gasteiger partial charge on any atom is -0.492 e. The van der Waals surface area contributed by atoms with Crippen molar-refractivity contribution < 1.29 is 27.4 Å². The Kier molecular flexibility index (Phi) is 6.69. The van der Waals surface area contributed by atoms with Gasteiger partial charge in [0.2, 0.25) is 0 Å². The molecule has 9 heteroatoms. The van der Waals surface area contributed by atoms with Crippen molar-refractivity contribution in [3.63, 3.8) is 0 Å². The number of benzene rings is 3.